The van der Waals surface area contributed by atoms with Gasteiger partial charge in [0.25, 0.3) is 0 Å². The van der Waals surface area contributed by atoms with Gasteiger partial charge in [0, 0.05) is 41.8 Å². The fourth-order valence-corrected chi connectivity index (χ4v) is 4.46. The number of piperidine rings is 1. The molecule has 1 fully saturated rings. The van der Waals surface area contributed by atoms with E-state index in [9.17, 15) is 13.2 Å². The first kappa shape index (κ1) is 20.7. The molecule has 0 saturated carbocycles. The van der Waals surface area contributed by atoms with E-state index in [-0.39, 0.29) is 16.9 Å². The van der Waals surface area contributed by atoms with Crippen molar-refractivity contribution in [3.63, 3.8) is 0 Å². The molecular formula is C21H27F3N6. The van der Waals surface area contributed by atoms with E-state index in [0.29, 0.717) is 11.9 Å². The molecule has 1 aliphatic heterocycles. The van der Waals surface area contributed by atoms with Crippen molar-refractivity contribution in [2.24, 2.45) is 0 Å². The van der Waals surface area contributed by atoms with Crippen molar-refractivity contribution >= 4 is 17.2 Å². The van der Waals surface area contributed by atoms with Crippen molar-refractivity contribution in [3.8, 4) is 11.4 Å². The molecule has 4 rings (SSSR count). The molecule has 162 valence electrons. The molecule has 0 spiro atoms. The van der Waals surface area contributed by atoms with Gasteiger partial charge in [-0.15, -0.1) is 0 Å². The molecule has 1 aromatic heterocycles. The molecule has 2 aromatic rings. The van der Waals surface area contributed by atoms with E-state index >= 15 is 0 Å². The zero-order valence-corrected chi connectivity index (χ0v) is 17.0. The van der Waals surface area contributed by atoms with Crippen LogP contribution < -0.4 is 21.7 Å². The predicted octanol–water partition coefficient (Wildman–Crippen LogP) is 3.39. The van der Waals surface area contributed by atoms with Crippen molar-refractivity contribution in [1.82, 2.24) is 15.3 Å². The van der Waals surface area contributed by atoms with Crippen LogP contribution in [0.2, 0.25) is 0 Å². The summed E-state index contributed by atoms with van der Waals surface area (Å²) in [7, 11) is 1.96. The van der Waals surface area contributed by atoms with Gasteiger partial charge < -0.3 is 21.7 Å². The standard InChI is InChI=1S/C21H27F3N6/c1-27-13-5-4-8-30(11-13)20-14-6-2-3-7-17(14)28-19(29-20)18-15(25)9-12(10-16(18)26)21(22,23)24/h9-10,13,27H,2-8,11,25-26H2,1H3. The SMILES string of the molecule is CNC1CCCN(c2nc(-c3c(N)cc(C(F)(F)F)cc3N)nc3c2CCCC3)C1. The number of anilines is 3. The number of benzene rings is 1. The van der Waals surface area contributed by atoms with Crippen molar-refractivity contribution in [3.05, 3.63) is 29.0 Å². The lowest BCUT2D eigenvalue weighted by Crippen LogP contribution is -2.45. The largest absolute Gasteiger partial charge is 0.416 e. The Balaban J connectivity index is 1.82. The monoisotopic (exact) mass is 420 g/mol. The summed E-state index contributed by atoms with van der Waals surface area (Å²) < 4.78 is 39.4. The van der Waals surface area contributed by atoms with Crippen LogP contribution in [0, 0.1) is 0 Å². The molecule has 0 radical (unpaired) electrons. The Bertz CT molecular complexity index is 920. The van der Waals surface area contributed by atoms with Crippen LogP contribution in [0.3, 0.4) is 0 Å². The Hall–Kier alpha value is -2.55. The minimum atomic E-state index is -4.52. The van der Waals surface area contributed by atoms with Crippen molar-refractivity contribution in [2.45, 2.75) is 50.7 Å². The van der Waals surface area contributed by atoms with Crippen molar-refractivity contribution in [1.29, 1.82) is 0 Å². The van der Waals surface area contributed by atoms with Crippen molar-refractivity contribution in [2.75, 3.05) is 36.5 Å². The average molecular weight is 420 g/mol. The highest BCUT2D eigenvalue weighted by atomic mass is 19.4. The lowest BCUT2D eigenvalue weighted by Gasteiger charge is -2.35. The topological polar surface area (TPSA) is 93.1 Å². The number of halogens is 3. The summed E-state index contributed by atoms with van der Waals surface area (Å²) in [5.74, 6) is 1.18. The summed E-state index contributed by atoms with van der Waals surface area (Å²) in [6.07, 6.45) is 1.47. The fourth-order valence-electron chi connectivity index (χ4n) is 4.46. The molecule has 1 aliphatic carbocycles. The Labute approximate surface area is 173 Å². The number of hydrogen-bond donors (Lipinski definition) is 3. The number of nitrogens with zero attached hydrogens (tertiary/aromatic N) is 3. The number of alkyl halides is 3. The van der Waals surface area contributed by atoms with Crippen LogP contribution in [-0.2, 0) is 19.0 Å². The van der Waals surface area contributed by atoms with Gasteiger partial charge in [0.1, 0.15) is 5.82 Å². The number of nitrogens with two attached hydrogens (primary N) is 2. The second-order valence-electron chi connectivity index (χ2n) is 8.10. The lowest BCUT2D eigenvalue weighted by atomic mass is 9.94. The molecule has 1 aromatic carbocycles. The summed E-state index contributed by atoms with van der Waals surface area (Å²) in [6, 6.07) is 2.19. The highest BCUT2D eigenvalue weighted by Gasteiger charge is 2.33. The van der Waals surface area contributed by atoms with E-state index in [4.69, 9.17) is 21.4 Å². The maximum atomic E-state index is 13.1. The molecule has 30 heavy (non-hydrogen) atoms. The Morgan fingerprint density at radius 2 is 1.77 bits per heavy atom. The zero-order chi connectivity index (χ0) is 21.5. The molecule has 2 heterocycles. The third-order valence-corrected chi connectivity index (χ3v) is 6.04. The molecule has 0 bridgehead atoms. The highest BCUT2D eigenvalue weighted by molar-refractivity contribution is 5.84. The van der Waals surface area contributed by atoms with Gasteiger partial charge in [0.15, 0.2) is 5.82 Å². The van der Waals surface area contributed by atoms with Gasteiger partial charge in [-0.2, -0.15) is 13.2 Å². The molecular weight excluding hydrogens is 393 g/mol. The molecule has 1 saturated heterocycles. The fraction of sp³-hybridized carbons (Fsp3) is 0.524. The van der Waals surface area contributed by atoms with Crippen LogP contribution in [0.5, 0.6) is 0 Å². The van der Waals surface area contributed by atoms with Crippen LogP contribution in [0.4, 0.5) is 30.4 Å². The first-order chi connectivity index (χ1) is 14.3. The van der Waals surface area contributed by atoms with Gasteiger partial charge in [-0.05, 0) is 57.7 Å². The number of aromatic nitrogens is 2. The van der Waals surface area contributed by atoms with Gasteiger partial charge in [-0.3, -0.25) is 0 Å². The minimum absolute atomic E-state index is 0.0595. The smallest absolute Gasteiger partial charge is 0.398 e. The lowest BCUT2D eigenvalue weighted by molar-refractivity contribution is -0.137. The average Bonchev–Trinajstić information content (AvgIpc) is 2.72. The van der Waals surface area contributed by atoms with Gasteiger partial charge >= 0.3 is 6.18 Å². The molecule has 2 aliphatic rings. The molecule has 1 atom stereocenters. The van der Waals surface area contributed by atoms with Crippen LogP contribution >= 0.6 is 0 Å². The van der Waals surface area contributed by atoms with E-state index in [0.717, 1.165) is 80.8 Å². The number of nitrogens with one attached hydrogen (secondary N) is 1. The number of likely N-dealkylation sites (N-methyl/N-ethyl adjacent to an activating group) is 1. The highest BCUT2D eigenvalue weighted by Crippen LogP contribution is 2.39. The Morgan fingerprint density at radius 1 is 1.07 bits per heavy atom. The summed E-state index contributed by atoms with van der Waals surface area (Å²) in [5, 5.41) is 3.34. The maximum absolute atomic E-state index is 13.1. The van der Waals surface area contributed by atoms with Crippen LogP contribution in [0.25, 0.3) is 11.4 Å². The zero-order valence-electron chi connectivity index (χ0n) is 17.0. The molecule has 5 N–H and O–H groups in total. The number of hydrogen-bond acceptors (Lipinski definition) is 6. The van der Waals surface area contributed by atoms with E-state index in [2.05, 4.69) is 10.2 Å². The van der Waals surface area contributed by atoms with Crippen LogP contribution in [0.15, 0.2) is 12.1 Å². The second kappa shape index (κ2) is 7.94. The number of nitrogen functional groups attached to an aromatic ring is 2. The molecule has 1 unspecified atom stereocenters. The maximum Gasteiger partial charge on any atom is 0.416 e. The Morgan fingerprint density at radius 3 is 2.43 bits per heavy atom. The summed E-state index contributed by atoms with van der Waals surface area (Å²) in [5.41, 5.74) is 13.4. The number of rotatable bonds is 3. The van der Waals surface area contributed by atoms with Gasteiger partial charge in [0.05, 0.1) is 11.1 Å². The molecule has 0 amide bonds. The molecule has 6 nitrogen and oxygen atoms in total. The summed E-state index contributed by atoms with van der Waals surface area (Å²) in [4.78, 5) is 11.8. The quantitative estimate of drug-likeness (QED) is 0.659. The first-order valence-corrected chi connectivity index (χ1v) is 10.4. The van der Waals surface area contributed by atoms with E-state index in [1.807, 2.05) is 7.05 Å². The van der Waals surface area contributed by atoms with Gasteiger partial charge in [0.2, 0.25) is 0 Å². The van der Waals surface area contributed by atoms with Crippen LogP contribution in [0.1, 0.15) is 42.5 Å². The van der Waals surface area contributed by atoms with E-state index in [1.54, 1.807) is 0 Å². The van der Waals surface area contributed by atoms with Gasteiger partial charge in [-0.1, -0.05) is 0 Å². The second-order valence-corrected chi connectivity index (χ2v) is 8.10. The third kappa shape index (κ3) is 3.90. The van der Waals surface area contributed by atoms with Crippen molar-refractivity contribution < 1.29 is 13.2 Å². The molecule has 9 heteroatoms. The first-order valence-electron chi connectivity index (χ1n) is 10.4. The predicted molar refractivity (Wildman–Crippen MR) is 112 cm³/mol. The van der Waals surface area contributed by atoms with E-state index in [1.165, 1.54) is 0 Å². The minimum Gasteiger partial charge on any atom is -0.398 e. The van der Waals surface area contributed by atoms with Crippen LogP contribution in [-0.4, -0.2) is 36.1 Å². The normalized spacial score (nSPS) is 19.6. The summed E-state index contributed by atoms with van der Waals surface area (Å²) >= 11 is 0. The van der Waals surface area contributed by atoms with Gasteiger partial charge in [-0.25, -0.2) is 9.97 Å². The number of fused-ring (bicyclic) bond motifs is 1. The Kier molecular flexibility index (Phi) is 5.48. The van der Waals surface area contributed by atoms with E-state index < -0.39 is 11.7 Å². The third-order valence-electron chi connectivity index (χ3n) is 6.04. The number of aryl methyl sites for hydroxylation is 1. The summed E-state index contributed by atoms with van der Waals surface area (Å²) in [6.45, 7) is 1.72.